The predicted molar refractivity (Wildman–Crippen MR) is 102 cm³/mol. The van der Waals surface area contributed by atoms with Gasteiger partial charge in [0.1, 0.15) is 0 Å². The van der Waals surface area contributed by atoms with E-state index in [1.165, 1.54) is 11.1 Å². The molecule has 1 fully saturated rings. The Hall–Kier alpha value is -2.04. The van der Waals surface area contributed by atoms with E-state index in [9.17, 15) is 0 Å². The van der Waals surface area contributed by atoms with Crippen molar-refractivity contribution in [2.24, 2.45) is 0 Å². The average Bonchev–Trinajstić information content (AvgIpc) is 2.91. The van der Waals surface area contributed by atoms with Crippen LogP contribution in [0.25, 0.3) is 0 Å². The Balaban J connectivity index is 2.11. The van der Waals surface area contributed by atoms with Crippen molar-refractivity contribution in [1.82, 2.24) is 10.2 Å². The third kappa shape index (κ3) is 3.97. The zero-order valence-electron chi connectivity index (χ0n) is 15.4. The standard InChI is InChI=1S/C21H28N2O2/c1-16-7-4-8-17(15-16)20(23-13-6-11-22-12-14-23)18-9-5-10-19(24-2)21(18)25-3/h4-5,7-10,15,20,22H,6,11-14H2,1-3H3. The van der Waals surface area contributed by atoms with Crippen LogP contribution >= 0.6 is 0 Å². The smallest absolute Gasteiger partial charge is 0.165 e. The number of benzene rings is 2. The molecule has 4 heteroatoms. The Morgan fingerprint density at radius 3 is 2.60 bits per heavy atom. The maximum Gasteiger partial charge on any atom is 0.165 e. The molecule has 25 heavy (non-hydrogen) atoms. The molecule has 1 unspecified atom stereocenters. The minimum absolute atomic E-state index is 0.157. The summed E-state index contributed by atoms with van der Waals surface area (Å²) in [6.45, 7) is 6.30. The molecule has 1 N–H and O–H groups in total. The molecule has 0 radical (unpaired) electrons. The van der Waals surface area contributed by atoms with E-state index in [1.54, 1.807) is 14.2 Å². The normalized spacial score (nSPS) is 16.9. The lowest BCUT2D eigenvalue weighted by Gasteiger charge is -2.32. The van der Waals surface area contributed by atoms with Gasteiger partial charge in [-0.25, -0.2) is 0 Å². The lowest BCUT2D eigenvalue weighted by Crippen LogP contribution is -2.33. The van der Waals surface area contributed by atoms with Gasteiger partial charge in [0.15, 0.2) is 11.5 Å². The van der Waals surface area contributed by atoms with Gasteiger partial charge in [0.2, 0.25) is 0 Å². The lowest BCUT2D eigenvalue weighted by molar-refractivity contribution is 0.234. The fourth-order valence-electron chi connectivity index (χ4n) is 3.68. The Morgan fingerprint density at radius 1 is 1.00 bits per heavy atom. The summed E-state index contributed by atoms with van der Waals surface area (Å²) in [5.74, 6) is 1.61. The summed E-state index contributed by atoms with van der Waals surface area (Å²) in [6.07, 6.45) is 1.15. The van der Waals surface area contributed by atoms with Crippen molar-refractivity contribution >= 4 is 0 Å². The topological polar surface area (TPSA) is 33.7 Å². The highest BCUT2D eigenvalue weighted by Crippen LogP contribution is 2.40. The molecule has 0 saturated carbocycles. The molecule has 0 bridgehead atoms. The van der Waals surface area contributed by atoms with Crippen LogP contribution in [0.3, 0.4) is 0 Å². The van der Waals surface area contributed by atoms with Gasteiger partial charge in [-0.05, 0) is 31.5 Å². The molecule has 0 amide bonds. The van der Waals surface area contributed by atoms with E-state index in [0.717, 1.165) is 49.7 Å². The summed E-state index contributed by atoms with van der Waals surface area (Å²) in [6, 6.07) is 15.1. The number of methoxy groups -OCH3 is 2. The summed E-state index contributed by atoms with van der Waals surface area (Å²) in [5, 5.41) is 3.50. The van der Waals surface area contributed by atoms with Crippen molar-refractivity contribution < 1.29 is 9.47 Å². The monoisotopic (exact) mass is 340 g/mol. The molecule has 0 aliphatic carbocycles. The van der Waals surface area contributed by atoms with Crippen molar-refractivity contribution in [2.45, 2.75) is 19.4 Å². The Kier molecular flexibility index (Phi) is 5.95. The number of hydrogen-bond donors (Lipinski definition) is 1. The molecule has 1 heterocycles. The van der Waals surface area contributed by atoms with Gasteiger partial charge in [-0.3, -0.25) is 4.90 Å². The van der Waals surface area contributed by atoms with Crippen LogP contribution in [0, 0.1) is 6.92 Å². The van der Waals surface area contributed by atoms with Crippen molar-refractivity contribution in [2.75, 3.05) is 40.4 Å². The van der Waals surface area contributed by atoms with Gasteiger partial charge in [0.25, 0.3) is 0 Å². The summed E-state index contributed by atoms with van der Waals surface area (Å²) >= 11 is 0. The largest absolute Gasteiger partial charge is 0.493 e. The van der Waals surface area contributed by atoms with E-state index < -0.39 is 0 Å². The maximum atomic E-state index is 5.75. The van der Waals surface area contributed by atoms with E-state index in [2.05, 4.69) is 53.5 Å². The van der Waals surface area contributed by atoms with Gasteiger partial charge in [0, 0.05) is 25.2 Å². The molecule has 1 aliphatic rings. The molecule has 1 saturated heterocycles. The first-order valence-corrected chi connectivity index (χ1v) is 8.97. The number of nitrogens with zero attached hydrogens (tertiary/aromatic N) is 1. The van der Waals surface area contributed by atoms with E-state index in [4.69, 9.17) is 9.47 Å². The van der Waals surface area contributed by atoms with Crippen molar-refractivity contribution in [1.29, 1.82) is 0 Å². The van der Waals surface area contributed by atoms with Crippen molar-refractivity contribution in [3.63, 3.8) is 0 Å². The Morgan fingerprint density at radius 2 is 1.84 bits per heavy atom. The summed E-state index contributed by atoms with van der Waals surface area (Å²) in [4.78, 5) is 2.55. The molecular formula is C21H28N2O2. The number of ether oxygens (including phenoxy) is 2. The maximum absolute atomic E-state index is 5.75. The van der Waals surface area contributed by atoms with Crippen molar-refractivity contribution in [3.8, 4) is 11.5 Å². The highest BCUT2D eigenvalue weighted by Gasteiger charge is 2.27. The van der Waals surface area contributed by atoms with Gasteiger partial charge in [-0.15, -0.1) is 0 Å². The zero-order valence-corrected chi connectivity index (χ0v) is 15.4. The SMILES string of the molecule is COc1cccc(C(c2cccc(C)c2)N2CCCNCC2)c1OC. The second-order valence-electron chi connectivity index (χ2n) is 6.54. The fourth-order valence-corrected chi connectivity index (χ4v) is 3.68. The molecule has 2 aromatic rings. The third-order valence-electron chi connectivity index (χ3n) is 4.83. The second kappa shape index (κ2) is 8.37. The van der Waals surface area contributed by atoms with Crippen LogP contribution in [0.1, 0.15) is 29.2 Å². The van der Waals surface area contributed by atoms with E-state index in [0.29, 0.717) is 0 Å². The fraction of sp³-hybridized carbons (Fsp3) is 0.429. The van der Waals surface area contributed by atoms with Gasteiger partial charge >= 0.3 is 0 Å². The van der Waals surface area contributed by atoms with Gasteiger partial charge in [0.05, 0.1) is 20.3 Å². The number of para-hydroxylation sites is 1. The number of aryl methyl sites for hydroxylation is 1. The van der Waals surface area contributed by atoms with Crippen LogP contribution in [0.5, 0.6) is 11.5 Å². The van der Waals surface area contributed by atoms with Crippen molar-refractivity contribution in [3.05, 3.63) is 59.2 Å². The van der Waals surface area contributed by atoms with Crippen LogP contribution in [-0.4, -0.2) is 45.3 Å². The Labute approximate surface area is 150 Å². The van der Waals surface area contributed by atoms with Crippen LogP contribution in [0.4, 0.5) is 0 Å². The Bertz CT molecular complexity index is 694. The van der Waals surface area contributed by atoms with Gasteiger partial charge in [-0.1, -0.05) is 42.0 Å². The predicted octanol–water partition coefficient (Wildman–Crippen LogP) is 3.40. The minimum Gasteiger partial charge on any atom is -0.493 e. The van der Waals surface area contributed by atoms with Crippen LogP contribution < -0.4 is 14.8 Å². The summed E-state index contributed by atoms with van der Waals surface area (Å²) < 4.78 is 11.3. The van der Waals surface area contributed by atoms with E-state index >= 15 is 0 Å². The van der Waals surface area contributed by atoms with E-state index in [1.807, 2.05) is 6.07 Å². The first-order valence-electron chi connectivity index (χ1n) is 8.97. The number of nitrogens with one attached hydrogen (secondary N) is 1. The summed E-state index contributed by atoms with van der Waals surface area (Å²) in [5.41, 5.74) is 3.74. The number of hydrogen-bond acceptors (Lipinski definition) is 4. The highest BCUT2D eigenvalue weighted by molar-refractivity contribution is 5.51. The minimum atomic E-state index is 0.157. The molecule has 0 spiro atoms. The third-order valence-corrected chi connectivity index (χ3v) is 4.83. The first kappa shape index (κ1) is 17.8. The van der Waals surface area contributed by atoms with Crippen LogP contribution in [0.15, 0.2) is 42.5 Å². The molecule has 1 aliphatic heterocycles. The number of rotatable bonds is 5. The highest BCUT2D eigenvalue weighted by atomic mass is 16.5. The molecular weight excluding hydrogens is 312 g/mol. The van der Waals surface area contributed by atoms with E-state index in [-0.39, 0.29) is 6.04 Å². The molecule has 4 nitrogen and oxygen atoms in total. The second-order valence-corrected chi connectivity index (χ2v) is 6.54. The zero-order chi connectivity index (χ0) is 17.6. The van der Waals surface area contributed by atoms with Gasteiger partial charge in [-0.2, -0.15) is 0 Å². The first-order chi connectivity index (χ1) is 12.2. The summed E-state index contributed by atoms with van der Waals surface area (Å²) in [7, 11) is 3.41. The van der Waals surface area contributed by atoms with Crippen LogP contribution in [0.2, 0.25) is 0 Å². The quantitative estimate of drug-likeness (QED) is 0.904. The van der Waals surface area contributed by atoms with Crippen LogP contribution in [-0.2, 0) is 0 Å². The molecule has 0 aromatic heterocycles. The molecule has 134 valence electrons. The lowest BCUT2D eigenvalue weighted by atomic mass is 9.94. The van der Waals surface area contributed by atoms with Gasteiger partial charge < -0.3 is 14.8 Å². The molecule has 2 aromatic carbocycles. The molecule has 3 rings (SSSR count). The average molecular weight is 340 g/mol. The molecule has 1 atom stereocenters.